The van der Waals surface area contributed by atoms with E-state index in [1.54, 1.807) is 0 Å². The monoisotopic (exact) mass is 446 g/mol. The molecule has 0 saturated heterocycles. The first-order valence-electron chi connectivity index (χ1n) is 12.0. The maximum Gasteiger partial charge on any atom is 0.185 e. The quantitative estimate of drug-likeness (QED) is 0.425. The minimum atomic E-state index is 0.0712. The van der Waals surface area contributed by atoms with Crippen LogP contribution in [0.4, 0.5) is 0 Å². The molecule has 3 rings (SSSR count). The van der Waals surface area contributed by atoms with Gasteiger partial charge in [-0.05, 0) is 76.2 Å². The SMILES string of the molecule is CC(C)Oc1ccccc1/C=C1\CC(C(C)(C)C)C/C(=C\c2ccccc2OC(C)C)C1=O. The van der Waals surface area contributed by atoms with Crippen LogP contribution in [0.5, 0.6) is 11.5 Å². The van der Waals surface area contributed by atoms with Gasteiger partial charge in [-0.2, -0.15) is 0 Å². The van der Waals surface area contributed by atoms with Gasteiger partial charge >= 0.3 is 0 Å². The molecule has 33 heavy (non-hydrogen) atoms. The summed E-state index contributed by atoms with van der Waals surface area (Å²) in [6.07, 6.45) is 5.73. The van der Waals surface area contributed by atoms with Gasteiger partial charge in [-0.1, -0.05) is 57.2 Å². The number of carbonyl (C=O) groups is 1. The summed E-state index contributed by atoms with van der Waals surface area (Å²) in [5, 5.41) is 0. The van der Waals surface area contributed by atoms with Crippen molar-refractivity contribution in [1.82, 2.24) is 0 Å². The number of hydrogen-bond acceptors (Lipinski definition) is 3. The first-order valence-corrected chi connectivity index (χ1v) is 12.0. The van der Waals surface area contributed by atoms with Crippen LogP contribution in [0.3, 0.4) is 0 Å². The highest BCUT2D eigenvalue weighted by Gasteiger charge is 2.34. The summed E-state index contributed by atoms with van der Waals surface area (Å²) in [6, 6.07) is 15.9. The average molecular weight is 447 g/mol. The van der Waals surface area contributed by atoms with Gasteiger partial charge in [0.1, 0.15) is 11.5 Å². The molecule has 3 nitrogen and oxygen atoms in total. The van der Waals surface area contributed by atoms with Gasteiger partial charge in [0.2, 0.25) is 0 Å². The lowest BCUT2D eigenvalue weighted by Gasteiger charge is -2.35. The minimum absolute atomic E-state index is 0.0712. The highest BCUT2D eigenvalue weighted by Crippen LogP contribution is 2.42. The normalized spacial score (nSPS) is 19.5. The second kappa shape index (κ2) is 10.4. The van der Waals surface area contributed by atoms with Crippen molar-refractivity contribution in [3.05, 3.63) is 70.8 Å². The standard InChI is InChI=1S/C30H38O3/c1-20(2)32-27-14-10-8-12-22(27)16-24-18-26(30(5,6)7)19-25(29(24)31)17-23-13-9-11-15-28(23)33-21(3)4/h8-17,20-21,26H,18-19H2,1-7H3/b24-16+,25-17+. The van der Waals surface area contributed by atoms with Gasteiger partial charge in [0.05, 0.1) is 12.2 Å². The highest BCUT2D eigenvalue weighted by molar-refractivity contribution is 6.14. The molecule has 1 aliphatic rings. The second-order valence-corrected chi connectivity index (χ2v) is 10.5. The highest BCUT2D eigenvalue weighted by atomic mass is 16.5. The third-order valence-corrected chi connectivity index (χ3v) is 5.96. The van der Waals surface area contributed by atoms with E-state index < -0.39 is 0 Å². The van der Waals surface area contributed by atoms with Gasteiger partial charge in [-0.3, -0.25) is 4.79 Å². The van der Waals surface area contributed by atoms with Gasteiger partial charge in [0.15, 0.2) is 5.78 Å². The first-order chi connectivity index (χ1) is 15.5. The molecule has 1 fully saturated rings. The largest absolute Gasteiger partial charge is 0.490 e. The van der Waals surface area contributed by atoms with Crippen LogP contribution in [0.2, 0.25) is 0 Å². The minimum Gasteiger partial charge on any atom is -0.490 e. The summed E-state index contributed by atoms with van der Waals surface area (Å²) < 4.78 is 12.0. The van der Waals surface area contributed by atoms with E-state index in [0.717, 1.165) is 46.6 Å². The van der Waals surface area contributed by atoms with Crippen molar-refractivity contribution in [2.75, 3.05) is 0 Å². The Hall–Kier alpha value is -2.81. The zero-order chi connectivity index (χ0) is 24.2. The smallest absolute Gasteiger partial charge is 0.185 e. The van der Waals surface area contributed by atoms with E-state index in [2.05, 4.69) is 20.8 Å². The zero-order valence-corrected chi connectivity index (χ0v) is 21.1. The van der Waals surface area contributed by atoms with E-state index in [0.29, 0.717) is 5.92 Å². The van der Waals surface area contributed by atoms with E-state index in [9.17, 15) is 4.79 Å². The van der Waals surface area contributed by atoms with E-state index in [4.69, 9.17) is 9.47 Å². The van der Waals surface area contributed by atoms with Crippen LogP contribution < -0.4 is 9.47 Å². The molecule has 3 heteroatoms. The van der Waals surface area contributed by atoms with Crippen LogP contribution in [0.15, 0.2) is 59.7 Å². The third-order valence-electron chi connectivity index (χ3n) is 5.96. The van der Waals surface area contributed by atoms with E-state index in [-0.39, 0.29) is 23.4 Å². The van der Waals surface area contributed by atoms with Crippen LogP contribution >= 0.6 is 0 Å². The molecule has 1 saturated carbocycles. The number of allylic oxidation sites excluding steroid dienone is 2. The van der Waals surface area contributed by atoms with Crippen LogP contribution in [-0.4, -0.2) is 18.0 Å². The topological polar surface area (TPSA) is 35.5 Å². The third kappa shape index (κ3) is 6.60. The van der Waals surface area contributed by atoms with Crippen molar-refractivity contribution in [1.29, 1.82) is 0 Å². The Morgan fingerprint density at radius 2 is 1.15 bits per heavy atom. The van der Waals surface area contributed by atoms with E-state index in [1.807, 2.05) is 88.4 Å². The number of rotatable bonds is 6. The zero-order valence-electron chi connectivity index (χ0n) is 21.1. The molecule has 0 atom stereocenters. The molecule has 0 unspecified atom stereocenters. The number of ether oxygens (including phenoxy) is 2. The summed E-state index contributed by atoms with van der Waals surface area (Å²) in [6.45, 7) is 14.8. The fourth-order valence-electron chi connectivity index (χ4n) is 4.15. The Bertz CT molecular complexity index is 959. The Kier molecular flexibility index (Phi) is 7.84. The molecule has 0 aliphatic heterocycles. The fraction of sp³-hybridized carbons (Fsp3) is 0.433. The van der Waals surface area contributed by atoms with Crippen LogP contribution in [0.1, 0.15) is 72.4 Å². The second-order valence-electron chi connectivity index (χ2n) is 10.5. The summed E-state index contributed by atoms with van der Waals surface area (Å²) in [4.78, 5) is 13.7. The van der Waals surface area contributed by atoms with Gasteiger partial charge in [-0.25, -0.2) is 0 Å². The number of ketones is 1. The van der Waals surface area contributed by atoms with Gasteiger partial charge in [-0.15, -0.1) is 0 Å². The summed E-state index contributed by atoms with van der Waals surface area (Å²) in [7, 11) is 0. The van der Waals surface area contributed by atoms with Crippen LogP contribution in [0.25, 0.3) is 12.2 Å². The fourth-order valence-corrected chi connectivity index (χ4v) is 4.15. The maximum atomic E-state index is 13.7. The van der Waals surface area contributed by atoms with E-state index in [1.165, 1.54) is 0 Å². The molecular formula is C30H38O3. The van der Waals surface area contributed by atoms with Crippen molar-refractivity contribution in [3.63, 3.8) is 0 Å². The van der Waals surface area contributed by atoms with Gasteiger partial charge < -0.3 is 9.47 Å². The van der Waals surface area contributed by atoms with E-state index >= 15 is 0 Å². The molecule has 0 aromatic heterocycles. The molecule has 0 spiro atoms. The molecule has 0 amide bonds. The van der Waals surface area contributed by atoms with Crippen molar-refractivity contribution >= 4 is 17.9 Å². The lowest BCUT2D eigenvalue weighted by molar-refractivity contribution is -0.113. The molecule has 0 N–H and O–H groups in total. The predicted octanol–water partition coefficient (Wildman–Crippen LogP) is 7.75. The number of benzene rings is 2. The molecule has 176 valence electrons. The van der Waals surface area contributed by atoms with Crippen molar-refractivity contribution < 1.29 is 14.3 Å². The van der Waals surface area contributed by atoms with Crippen molar-refractivity contribution in [2.24, 2.45) is 11.3 Å². The summed E-state index contributed by atoms with van der Waals surface area (Å²) in [5.74, 6) is 2.11. The number of carbonyl (C=O) groups excluding carboxylic acids is 1. The number of Topliss-reactive ketones (excluding diaryl/α,β-unsaturated/α-hetero) is 1. The lowest BCUT2D eigenvalue weighted by Crippen LogP contribution is -2.29. The Labute approximate surface area is 199 Å². The summed E-state index contributed by atoms with van der Waals surface area (Å²) >= 11 is 0. The predicted molar refractivity (Wildman–Crippen MR) is 138 cm³/mol. The van der Waals surface area contributed by atoms with Crippen molar-refractivity contribution in [2.45, 2.75) is 73.5 Å². The maximum absolute atomic E-state index is 13.7. The molecule has 2 aromatic rings. The van der Waals surface area contributed by atoms with Gasteiger partial charge in [0, 0.05) is 22.3 Å². The molecular weight excluding hydrogens is 408 g/mol. The van der Waals surface area contributed by atoms with Gasteiger partial charge in [0.25, 0.3) is 0 Å². The molecule has 2 aromatic carbocycles. The lowest BCUT2D eigenvalue weighted by atomic mass is 9.68. The number of para-hydroxylation sites is 2. The molecule has 0 heterocycles. The van der Waals surface area contributed by atoms with Crippen LogP contribution in [0, 0.1) is 11.3 Å². The number of hydrogen-bond donors (Lipinski definition) is 0. The Morgan fingerprint density at radius 3 is 1.52 bits per heavy atom. The Morgan fingerprint density at radius 1 is 0.758 bits per heavy atom. The Balaban J connectivity index is 2.05. The first kappa shape index (κ1) is 24.8. The van der Waals surface area contributed by atoms with Crippen molar-refractivity contribution in [3.8, 4) is 11.5 Å². The molecule has 1 aliphatic carbocycles. The average Bonchev–Trinajstić information content (AvgIpc) is 2.72. The molecule has 0 radical (unpaired) electrons. The molecule has 0 bridgehead atoms. The summed E-state index contributed by atoms with van der Waals surface area (Å²) in [5.41, 5.74) is 3.67. The van der Waals surface area contributed by atoms with Crippen LogP contribution in [-0.2, 0) is 4.79 Å².